The van der Waals surface area contributed by atoms with Gasteiger partial charge in [0.25, 0.3) is 0 Å². The highest BCUT2D eigenvalue weighted by Crippen LogP contribution is 2.16. The fourth-order valence-electron chi connectivity index (χ4n) is 1.22. The summed E-state index contributed by atoms with van der Waals surface area (Å²) in [5.74, 6) is -0.505. The average molecular weight is 247 g/mol. The Balaban J connectivity index is 2.86. The molecule has 1 aromatic rings. The number of esters is 1. The average Bonchev–Trinajstić information content (AvgIpc) is 2.44. The lowest BCUT2D eigenvalue weighted by molar-refractivity contribution is 0.0517. The van der Waals surface area contributed by atoms with Crippen LogP contribution in [0.15, 0.2) is 6.20 Å². The molecule has 0 amide bonds. The standard InChI is InChI=1S/C10H15ClN2O3/c1-4-16-9(14)7-5-13(12-8(7)11)6-10(2,3)15/h5,15H,4,6H2,1-3H3. The van der Waals surface area contributed by atoms with Gasteiger partial charge in [0.15, 0.2) is 5.15 Å². The van der Waals surface area contributed by atoms with Gasteiger partial charge >= 0.3 is 5.97 Å². The van der Waals surface area contributed by atoms with Gasteiger partial charge in [0.2, 0.25) is 0 Å². The van der Waals surface area contributed by atoms with Crippen LogP contribution >= 0.6 is 11.6 Å². The molecule has 0 spiro atoms. The van der Waals surface area contributed by atoms with Crippen LogP contribution in [0.4, 0.5) is 0 Å². The Labute approximate surface area is 99.0 Å². The topological polar surface area (TPSA) is 64.3 Å². The first kappa shape index (κ1) is 13.0. The minimum absolute atomic E-state index is 0.0858. The molecule has 1 aromatic heterocycles. The summed E-state index contributed by atoms with van der Waals surface area (Å²) < 4.78 is 6.24. The number of hydrogen-bond donors (Lipinski definition) is 1. The first-order chi connectivity index (χ1) is 7.33. The molecule has 0 aromatic carbocycles. The third-order valence-electron chi connectivity index (χ3n) is 1.76. The van der Waals surface area contributed by atoms with Crippen LogP contribution in [0.5, 0.6) is 0 Å². The zero-order chi connectivity index (χ0) is 12.3. The van der Waals surface area contributed by atoms with Crippen molar-refractivity contribution in [3.05, 3.63) is 16.9 Å². The largest absolute Gasteiger partial charge is 0.462 e. The second-order valence-electron chi connectivity index (χ2n) is 4.06. The third-order valence-corrected chi connectivity index (χ3v) is 2.04. The van der Waals surface area contributed by atoms with Crippen LogP contribution in [-0.4, -0.2) is 33.1 Å². The van der Waals surface area contributed by atoms with Gasteiger partial charge in [-0.3, -0.25) is 4.68 Å². The van der Waals surface area contributed by atoms with Crippen LogP contribution in [0.1, 0.15) is 31.1 Å². The Kier molecular flexibility index (Phi) is 3.93. The molecule has 6 heteroatoms. The normalized spacial score (nSPS) is 11.6. The summed E-state index contributed by atoms with van der Waals surface area (Å²) in [6.45, 7) is 5.55. The number of rotatable bonds is 4. The van der Waals surface area contributed by atoms with Crippen molar-refractivity contribution in [1.29, 1.82) is 0 Å². The molecule has 0 saturated carbocycles. The Morgan fingerprint density at radius 2 is 2.31 bits per heavy atom. The molecule has 1 N–H and O–H groups in total. The minimum Gasteiger partial charge on any atom is -0.462 e. The summed E-state index contributed by atoms with van der Waals surface area (Å²) in [5, 5.41) is 13.6. The van der Waals surface area contributed by atoms with Gasteiger partial charge in [-0.1, -0.05) is 11.6 Å². The quantitative estimate of drug-likeness (QED) is 0.818. The molecule has 0 aliphatic heterocycles. The van der Waals surface area contributed by atoms with Crippen LogP contribution in [-0.2, 0) is 11.3 Å². The number of nitrogens with zero attached hydrogens (tertiary/aromatic N) is 2. The maximum Gasteiger partial charge on any atom is 0.342 e. The summed E-state index contributed by atoms with van der Waals surface area (Å²) in [6, 6.07) is 0. The molecule has 0 unspecified atom stereocenters. The van der Waals surface area contributed by atoms with Gasteiger partial charge in [0.05, 0.1) is 18.8 Å². The highest BCUT2D eigenvalue weighted by atomic mass is 35.5. The summed E-state index contributed by atoms with van der Waals surface area (Å²) in [7, 11) is 0. The van der Waals surface area contributed by atoms with Crippen LogP contribution in [0.25, 0.3) is 0 Å². The van der Waals surface area contributed by atoms with Crippen LogP contribution in [0.3, 0.4) is 0 Å². The van der Waals surface area contributed by atoms with Crippen molar-refractivity contribution in [2.45, 2.75) is 32.9 Å². The van der Waals surface area contributed by atoms with Gasteiger partial charge in [-0.15, -0.1) is 0 Å². The lowest BCUT2D eigenvalue weighted by Crippen LogP contribution is -2.26. The molecule has 0 radical (unpaired) electrons. The van der Waals surface area contributed by atoms with E-state index in [1.54, 1.807) is 20.8 Å². The minimum atomic E-state index is -0.915. The molecular weight excluding hydrogens is 232 g/mol. The highest BCUT2D eigenvalue weighted by Gasteiger charge is 2.19. The lowest BCUT2D eigenvalue weighted by Gasteiger charge is -2.16. The fourth-order valence-corrected chi connectivity index (χ4v) is 1.44. The van der Waals surface area contributed by atoms with Crippen molar-refractivity contribution in [3.63, 3.8) is 0 Å². The molecule has 0 aliphatic rings. The van der Waals surface area contributed by atoms with E-state index >= 15 is 0 Å². The Morgan fingerprint density at radius 3 is 2.81 bits per heavy atom. The van der Waals surface area contributed by atoms with E-state index < -0.39 is 11.6 Å². The molecule has 0 saturated heterocycles. The number of carbonyl (C=O) groups is 1. The van der Waals surface area contributed by atoms with Gasteiger partial charge < -0.3 is 9.84 Å². The number of hydrogen-bond acceptors (Lipinski definition) is 4. The smallest absolute Gasteiger partial charge is 0.342 e. The van der Waals surface area contributed by atoms with Crippen molar-refractivity contribution in [3.8, 4) is 0 Å². The van der Waals surface area contributed by atoms with Gasteiger partial charge in [-0.25, -0.2) is 4.79 Å². The van der Waals surface area contributed by atoms with E-state index in [2.05, 4.69) is 5.10 Å². The predicted molar refractivity (Wildman–Crippen MR) is 59.5 cm³/mol. The molecule has 1 rings (SSSR count). The van der Waals surface area contributed by atoms with E-state index in [1.807, 2.05) is 0 Å². The Morgan fingerprint density at radius 1 is 1.69 bits per heavy atom. The second-order valence-corrected chi connectivity index (χ2v) is 4.42. The molecule has 90 valence electrons. The van der Waals surface area contributed by atoms with Crippen LogP contribution in [0, 0.1) is 0 Å². The van der Waals surface area contributed by atoms with Gasteiger partial charge in [0.1, 0.15) is 5.56 Å². The second kappa shape index (κ2) is 4.84. The molecular formula is C10H15ClN2O3. The van der Waals surface area contributed by atoms with Crippen LogP contribution < -0.4 is 0 Å². The maximum atomic E-state index is 11.4. The summed E-state index contributed by atoms with van der Waals surface area (Å²) in [6.07, 6.45) is 1.47. The van der Waals surface area contributed by atoms with Crippen molar-refractivity contribution in [1.82, 2.24) is 9.78 Å². The lowest BCUT2D eigenvalue weighted by atomic mass is 10.1. The summed E-state index contributed by atoms with van der Waals surface area (Å²) >= 11 is 5.79. The molecule has 0 aliphatic carbocycles. The summed E-state index contributed by atoms with van der Waals surface area (Å²) in [5.41, 5.74) is -0.700. The molecule has 0 fully saturated rings. The SMILES string of the molecule is CCOC(=O)c1cn(CC(C)(C)O)nc1Cl. The number of carbonyl (C=O) groups excluding carboxylic acids is 1. The molecule has 5 nitrogen and oxygen atoms in total. The zero-order valence-electron chi connectivity index (χ0n) is 9.53. The van der Waals surface area contributed by atoms with Gasteiger partial charge in [0, 0.05) is 6.20 Å². The molecule has 0 bridgehead atoms. The van der Waals surface area contributed by atoms with Crippen molar-refractivity contribution in [2.75, 3.05) is 6.61 Å². The molecule has 16 heavy (non-hydrogen) atoms. The van der Waals surface area contributed by atoms with E-state index in [0.29, 0.717) is 0 Å². The number of aromatic nitrogens is 2. The first-order valence-electron chi connectivity index (χ1n) is 4.96. The van der Waals surface area contributed by atoms with Crippen molar-refractivity contribution >= 4 is 17.6 Å². The Hall–Kier alpha value is -1.07. The molecule has 0 atom stereocenters. The van der Waals surface area contributed by atoms with Crippen LogP contribution in [0.2, 0.25) is 5.15 Å². The van der Waals surface area contributed by atoms with E-state index in [1.165, 1.54) is 10.9 Å². The fraction of sp³-hybridized carbons (Fsp3) is 0.600. The van der Waals surface area contributed by atoms with Crippen molar-refractivity contribution in [2.24, 2.45) is 0 Å². The zero-order valence-corrected chi connectivity index (χ0v) is 10.3. The van der Waals surface area contributed by atoms with Gasteiger partial charge in [-0.05, 0) is 20.8 Å². The van der Waals surface area contributed by atoms with E-state index in [9.17, 15) is 9.90 Å². The monoisotopic (exact) mass is 246 g/mol. The predicted octanol–water partition coefficient (Wildman–Crippen LogP) is 1.48. The van der Waals surface area contributed by atoms with Crippen molar-refractivity contribution < 1.29 is 14.6 Å². The van der Waals surface area contributed by atoms with E-state index in [-0.39, 0.29) is 23.9 Å². The number of halogens is 1. The molecule has 1 heterocycles. The maximum absolute atomic E-state index is 11.4. The van der Waals surface area contributed by atoms with E-state index in [4.69, 9.17) is 16.3 Å². The Bertz CT molecular complexity index is 382. The summed E-state index contributed by atoms with van der Waals surface area (Å²) in [4.78, 5) is 11.4. The highest BCUT2D eigenvalue weighted by molar-refractivity contribution is 6.32. The van der Waals surface area contributed by atoms with E-state index in [0.717, 1.165) is 0 Å². The third kappa shape index (κ3) is 3.50. The number of ether oxygens (including phenoxy) is 1. The van der Waals surface area contributed by atoms with Gasteiger partial charge in [-0.2, -0.15) is 5.10 Å². The first-order valence-corrected chi connectivity index (χ1v) is 5.33. The number of aliphatic hydroxyl groups is 1.